The van der Waals surface area contributed by atoms with Crippen molar-refractivity contribution >= 4 is 28.5 Å². The van der Waals surface area contributed by atoms with Gasteiger partial charge in [0, 0.05) is 12.1 Å². The van der Waals surface area contributed by atoms with E-state index in [0.29, 0.717) is 13.0 Å². The first-order valence-electron chi connectivity index (χ1n) is 11.0. The maximum Gasteiger partial charge on any atom is 0.344 e. The average molecular weight is 483 g/mol. The summed E-state index contributed by atoms with van der Waals surface area (Å²) >= 11 is 0.740. The Labute approximate surface area is 195 Å². The number of aryl methyl sites for hydroxylation is 1. The third-order valence-electron chi connectivity index (χ3n) is 5.45. The summed E-state index contributed by atoms with van der Waals surface area (Å²) in [5.41, 5.74) is -0.157. The minimum atomic E-state index is -1.35. The van der Waals surface area contributed by atoms with Gasteiger partial charge >= 0.3 is 12.0 Å². The molecule has 2 heterocycles. The lowest BCUT2D eigenvalue weighted by Gasteiger charge is -2.14. The number of carboxylic acids is 1. The second kappa shape index (κ2) is 11.9. The lowest BCUT2D eigenvalue weighted by molar-refractivity contribution is 0.0693. The Balaban J connectivity index is 1.53. The van der Waals surface area contributed by atoms with Gasteiger partial charge in [-0.05, 0) is 81.0 Å². The van der Waals surface area contributed by atoms with Crippen LogP contribution in [0.3, 0.4) is 0 Å². The van der Waals surface area contributed by atoms with Crippen LogP contribution in [0, 0.1) is 11.6 Å². The quantitative estimate of drug-likeness (QED) is 0.414. The van der Waals surface area contributed by atoms with Gasteiger partial charge in [-0.1, -0.05) is 6.92 Å². The van der Waals surface area contributed by atoms with Crippen LogP contribution in [-0.2, 0) is 13.0 Å². The topological polar surface area (TPSA) is 104 Å². The highest BCUT2D eigenvalue weighted by Gasteiger charge is 2.24. The zero-order valence-electron chi connectivity index (χ0n) is 18.5. The molecule has 1 aliphatic rings. The first-order valence-corrected chi connectivity index (χ1v) is 11.8. The molecule has 3 rings (SSSR count). The molecule has 0 unspecified atom stereocenters. The number of urea groups is 1. The molecule has 1 fully saturated rings. The smallest absolute Gasteiger partial charge is 0.344 e. The SMILES string of the molecule is CCc1cc(F)c(COc2nsc(NC(=O)NCCCCN3CCCC3)c2C(=O)O)cc1F. The van der Waals surface area contributed by atoms with E-state index in [-0.39, 0.29) is 27.6 Å². The van der Waals surface area contributed by atoms with Gasteiger partial charge in [-0.3, -0.25) is 5.32 Å². The Morgan fingerprint density at radius 3 is 2.58 bits per heavy atom. The minimum Gasteiger partial charge on any atom is -0.477 e. The standard InChI is InChI=1S/C22H28F2N4O4S/c1-2-14-11-17(24)15(12-16(14)23)13-32-19-18(21(29)30)20(33-27-19)26-22(31)25-7-3-4-8-28-9-5-6-10-28/h11-12H,2-10,13H2,1H3,(H,29,30)(H2,25,26,31). The Morgan fingerprint density at radius 2 is 1.88 bits per heavy atom. The largest absolute Gasteiger partial charge is 0.477 e. The number of unbranched alkanes of at least 4 members (excludes halogenated alkanes) is 1. The van der Waals surface area contributed by atoms with E-state index in [4.69, 9.17) is 4.74 Å². The molecule has 2 aromatic rings. The van der Waals surface area contributed by atoms with Crippen molar-refractivity contribution in [3.8, 4) is 5.88 Å². The number of nitrogens with one attached hydrogen (secondary N) is 2. The Bertz CT molecular complexity index is 980. The molecule has 8 nitrogen and oxygen atoms in total. The summed E-state index contributed by atoms with van der Waals surface area (Å²) in [6, 6.07) is 1.57. The molecular weight excluding hydrogens is 454 g/mol. The fraction of sp³-hybridized carbons (Fsp3) is 0.500. The first kappa shape index (κ1) is 24.8. The maximum absolute atomic E-state index is 14.2. The van der Waals surface area contributed by atoms with Gasteiger partial charge in [-0.25, -0.2) is 18.4 Å². The summed E-state index contributed by atoms with van der Waals surface area (Å²) in [6.45, 7) is 5.04. The molecule has 1 aliphatic heterocycles. The van der Waals surface area contributed by atoms with Crippen molar-refractivity contribution in [2.75, 3.05) is 31.5 Å². The number of carboxylic acid groups (broad SMARTS) is 1. The number of amides is 2. The molecule has 11 heteroatoms. The minimum absolute atomic E-state index is 0.0000464. The van der Waals surface area contributed by atoms with Gasteiger partial charge in [0.25, 0.3) is 0 Å². The lowest BCUT2D eigenvalue weighted by atomic mass is 10.1. The van der Waals surface area contributed by atoms with E-state index in [2.05, 4.69) is 19.9 Å². The zero-order chi connectivity index (χ0) is 23.8. The first-order chi connectivity index (χ1) is 15.9. The number of aromatic carboxylic acids is 1. The Hall–Kier alpha value is -2.79. The third kappa shape index (κ3) is 6.84. The van der Waals surface area contributed by atoms with Crippen LogP contribution >= 0.6 is 11.5 Å². The van der Waals surface area contributed by atoms with E-state index < -0.39 is 30.2 Å². The number of hydrogen-bond acceptors (Lipinski definition) is 6. The molecule has 0 radical (unpaired) electrons. The van der Waals surface area contributed by atoms with Crippen LogP contribution < -0.4 is 15.4 Å². The number of hydrogen-bond donors (Lipinski definition) is 3. The number of aromatic nitrogens is 1. The number of halogens is 2. The summed E-state index contributed by atoms with van der Waals surface area (Å²) in [6.07, 6.45) is 4.60. The van der Waals surface area contributed by atoms with Gasteiger partial charge < -0.3 is 20.1 Å². The second-order valence-electron chi connectivity index (χ2n) is 7.81. The highest BCUT2D eigenvalue weighted by atomic mass is 32.1. The van der Waals surface area contributed by atoms with Gasteiger partial charge in [0.15, 0.2) is 5.56 Å². The van der Waals surface area contributed by atoms with Crippen LogP contribution in [0.2, 0.25) is 0 Å². The van der Waals surface area contributed by atoms with Gasteiger partial charge in [-0.15, -0.1) is 0 Å². The summed E-state index contributed by atoms with van der Waals surface area (Å²) in [5.74, 6) is -2.84. The van der Waals surface area contributed by atoms with Crippen LogP contribution in [0.1, 0.15) is 54.1 Å². The van der Waals surface area contributed by atoms with Crippen molar-refractivity contribution in [3.05, 3.63) is 40.5 Å². The average Bonchev–Trinajstić information content (AvgIpc) is 3.43. The van der Waals surface area contributed by atoms with Gasteiger partial charge in [0.2, 0.25) is 5.88 Å². The predicted octanol–water partition coefficient (Wildman–Crippen LogP) is 4.26. The van der Waals surface area contributed by atoms with E-state index in [9.17, 15) is 23.5 Å². The highest BCUT2D eigenvalue weighted by molar-refractivity contribution is 7.11. The normalized spacial score (nSPS) is 13.8. The van der Waals surface area contributed by atoms with Crippen LogP contribution in [0.4, 0.5) is 18.6 Å². The van der Waals surface area contributed by atoms with Crippen LogP contribution in [0.15, 0.2) is 12.1 Å². The van der Waals surface area contributed by atoms with Crippen LogP contribution in [0.25, 0.3) is 0 Å². The Kier molecular flexibility index (Phi) is 8.95. The van der Waals surface area contributed by atoms with Crippen molar-refractivity contribution in [2.24, 2.45) is 0 Å². The van der Waals surface area contributed by atoms with Gasteiger partial charge in [0.1, 0.15) is 23.2 Å². The number of nitrogens with zero attached hydrogens (tertiary/aromatic N) is 2. The molecule has 1 aromatic carbocycles. The van der Waals surface area contributed by atoms with E-state index in [1.807, 2.05) is 0 Å². The molecule has 33 heavy (non-hydrogen) atoms. The van der Waals surface area contributed by atoms with E-state index in [1.165, 1.54) is 12.8 Å². The number of benzene rings is 1. The van der Waals surface area contributed by atoms with Gasteiger partial charge in [-0.2, -0.15) is 4.37 Å². The molecule has 0 saturated carbocycles. The number of likely N-dealkylation sites (tertiary alicyclic amines) is 1. The number of carbonyl (C=O) groups excluding carboxylic acids is 1. The van der Waals surface area contributed by atoms with Crippen molar-refractivity contribution < 1.29 is 28.2 Å². The predicted molar refractivity (Wildman–Crippen MR) is 121 cm³/mol. The highest BCUT2D eigenvalue weighted by Crippen LogP contribution is 2.31. The summed E-state index contributed by atoms with van der Waals surface area (Å²) in [7, 11) is 0. The molecule has 3 N–H and O–H groups in total. The zero-order valence-corrected chi connectivity index (χ0v) is 19.3. The molecule has 1 saturated heterocycles. The second-order valence-corrected chi connectivity index (χ2v) is 8.58. The monoisotopic (exact) mass is 482 g/mol. The van der Waals surface area contributed by atoms with Crippen molar-refractivity contribution in [2.45, 2.75) is 45.6 Å². The third-order valence-corrected chi connectivity index (χ3v) is 6.19. The van der Waals surface area contributed by atoms with Crippen molar-refractivity contribution in [1.82, 2.24) is 14.6 Å². The van der Waals surface area contributed by atoms with Crippen LogP contribution in [0.5, 0.6) is 5.88 Å². The molecule has 0 bridgehead atoms. The lowest BCUT2D eigenvalue weighted by Crippen LogP contribution is -2.30. The number of rotatable bonds is 11. The number of anilines is 1. The van der Waals surface area contributed by atoms with Crippen LogP contribution in [-0.4, -0.2) is 52.6 Å². The summed E-state index contributed by atoms with van der Waals surface area (Å²) in [5, 5.41) is 14.7. The molecule has 0 atom stereocenters. The summed E-state index contributed by atoms with van der Waals surface area (Å²) in [4.78, 5) is 26.3. The number of ether oxygens (including phenoxy) is 1. The maximum atomic E-state index is 14.2. The summed E-state index contributed by atoms with van der Waals surface area (Å²) < 4.78 is 37.4. The molecule has 1 aromatic heterocycles. The van der Waals surface area contributed by atoms with E-state index >= 15 is 0 Å². The number of carbonyl (C=O) groups is 2. The molecule has 0 aliphatic carbocycles. The molecule has 2 amide bonds. The molecular formula is C22H28F2N4O4S. The fourth-order valence-electron chi connectivity index (χ4n) is 3.62. The fourth-order valence-corrected chi connectivity index (χ4v) is 4.34. The van der Waals surface area contributed by atoms with Crippen molar-refractivity contribution in [1.29, 1.82) is 0 Å². The molecule has 0 spiro atoms. The van der Waals surface area contributed by atoms with Gasteiger partial charge in [0.05, 0.1) is 0 Å². The van der Waals surface area contributed by atoms with Crippen molar-refractivity contribution in [3.63, 3.8) is 0 Å². The van der Waals surface area contributed by atoms with E-state index in [0.717, 1.165) is 56.1 Å². The van der Waals surface area contributed by atoms with E-state index in [1.54, 1.807) is 6.92 Å². The molecule has 180 valence electrons. The Morgan fingerprint density at radius 1 is 1.18 bits per heavy atom.